The van der Waals surface area contributed by atoms with Crippen molar-refractivity contribution in [3.8, 4) is 5.75 Å². The van der Waals surface area contributed by atoms with Gasteiger partial charge < -0.3 is 24.3 Å². The van der Waals surface area contributed by atoms with Gasteiger partial charge in [-0.05, 0) is 12.1 Å². The first-order valence-electron chi connectivity index (χ1n) is 9.71. The fourth-order valence-electron chi connectivity index (χ4n) is 3.28. The Morgan fingerprint density at radius 1 is 1.21 bits per heavy atom. The van der Waals surface area contributed by atoms with Crippen LogP contribution < -0.4 is 15.0 Å². The standard InChI is InChI=1S/C21H31N5O2/c1-21(2,3)18-14-23-19(28-18)15-24-20(22-4)26-12-10-25(11-13-26)16-8-6-7-9-17(16)27-5/h6-9,14H,10-13,15H2,1-5H3,(H,22,24). The summed E-state index contributed by atoms with van der Waals surface area (Å²) in [6.45, 7) is 10.5. The second-order valence-corrected chi connectivity index (χ2v) is 7.91. The highest BCUT2D eigenvalue weighted by Gasteiger charge is 2.23. The van der Waals surface area contributed by atoms with Gasteiger partial charge in [0.2, 0.25) is 5.89 Å². The van der Waals surface area contributed by atoms with E-state index >= 15 is 0 Å². The average molecular weight is 386 g/mol. The summed E-state index contributed by atoms with van der Waals surface area (Å²) in [7, 11) is 3.53. The summed E-state index contributed by atoms with van der Waals surface area (Å²) in [4.78, 5) is 13.4. The number of aromatic nitrogens is 1. The lowest BCUT2D eigenvalue weighted by Crippen LogP contribution is -2.52. The predicted octanol–water partition coefficient (Wildman–Crippen LogP) is 2.88. The zero-order valence-corrected chi connectivity index (χ0v) is 17.5. The molecule has 1 aromatic carbocycles. The van der Waals surface area contributed by atoms with Crippen molar-refractivity contribution in [2.75, 3.05) is 45.2 Å². The molecule has 2 aromatic rings. The zero-order chi connectivity index (χ0) is 20.1. The van der Waals surface area contributed by atoms with E-state index in [-0.39, 0.29) is 5.41 Å². The number of nitrogens with one attached hydrogen (secondary N) is 1. The molecule has 1 saturated heterocycles. The second-order valence-electron chi connectivity index (χ2n) is 7.91. The molecule has 0 saturated carbocycles. The first kappa shape index (κ1) is 20.0. The molecule has 0 aliphatic carbocycles. The fourth-order valence-corrected chi connectivity index (χ4v) is 3.28. The van der Waals surface area contributed by atoms with Crippen LogP contribution in [0.15, 0.2) is 39.9 Å². The normalized spacial score (nSPS) is 15.7. The number of aliphatic imine (C=N–C) groups is 1. The largest absolute Gasteiger partial charge is 0.495 e. The van der Waals surface area contributed by atoms with E-state index in [4.69, 9.17) is 9.15 Å². The van der Waals surface area contributed by atoms with E-state index in [2.05, 4.69) is 51.9 Å². The topological polar surface area (TPSA) is 66.1 Å². The Balaban J connectivity index is 1.56. The van der Waals surface area contributed by atoms with Crippen LogP contribution >= 0.6 is 0 Å². The van der Waals surface area contributed by atoms with E-state index in [0.29, 0.717) is 12.4 Å². The smallest absolute Gasteiger partial charge is 0.213 e. The SMILES string of the molecule is CN=C(NCc1ncc(C(C)(C)C)o1)N1CCN(c2ccccc2OC)CC1. The van der Waals surface area contributed by atoms with E-state index in [9.17, 15) is 0 Å². The van der Waals surface area contributed by atoms with Gasteiger partial charge in [0.15, 0.2) is 5.96 Å². The van der Waals surface area contributed by atoms with Crippen molar-refractivity contribution in [2.45, 2.75) is 32.7 Å². The van der Waals surface area contributed by atoms with Gasteiger partial charge >= 0.3 is 0 Å². The van der Waals surface area contributed by atoms with Gasteiger partial charge in [-0.3, -0.25) is 4.99 Å². The van der Waals surface area contributed by atoms with Crippen molar-refractivity contribution in [3.05, 3.63) is 42.1 Å². The molecule has 0 bridgehead atoms. The average Bonchev–Trinajstić information content (AvgIpc) is 3.18. The van der Waals surface area contributed by atoms with Crippen molar-refractivity contribution < 1.29 is 9.15 Å². The molecular formula is C21H31N5O2. The number of ether oxygens (including phenoxy) is 1. The molecule has 7 heteroatoms. The van der Waals surface area contributed by atoms with Crippen LogP contribution in [-0.4, -0.2) is 56.2 Å². The van der Waals surface area contributed by atoms with Crippen molar-refractivity contribution in [1.82, 2.24) is 15.2 Å². The van der Waals surface area contributed by atoms with Crippen LogP contribution in [0.1, 0.15) is 32.4 Å². The molecule has 152 valence electrons. The van der Waals surface area contributed by atoms with Crippen LogP contribution in [-0.2, 0) is 12.0 Å². The lowest BCUT2D eigenvalue weighted by Gasteiger charge is -2.38. The van der Waals surface area contributed by atoms with Gasteiger partial charge in [0, 0.05) is 38.6 Å². The molecule has 1 aromatic heterocycles. The summed E-state index contributed by atoms with van der Waals surface area (Å²) in [6, 6.07) is 8.16. The maximum atomic E-state index is 5.86. The third kappa shape index (κ3) is 4.58. The number of methoxy groups -OCH3 is 1. The number of piperazine rings is 1. The summed E-state index contributed by atoms with van der Waals surface area (Å²) in [5, 5.41) is 3.37. The molecule has 0 atom stereocenters. The Hall–Kier alpha value is -2.70. The third-order valence-electron chi connectivity index (χ3n) is 4.91. The van der Waals surface area contributed by atoms with Gasteiger partial charge in [-0.15, -0.1) is 0 Å². The highest BCUT2D eigenvalue weighted by atomic mass is 16.5. The van der Waals surface area contributed by atoms with Crippen molar-refractivity contribution in [3.63, 3.8) is 0 Å². The van der Waals surface area contributed by atoms with E-state index in [1.54, 1.807) is 7.11 Å². The minimum atomic E-state index is -0.0399. The van der Waals surface area contributed by atoms with Gasteiger partial charge in [-0.2, -0.15) is 0 Å². The summed E-state index contributed by atoms with van der Waals surface area (Å²) in [5.41, 5.74) is 1.10. The van der Waals surface area contributed by atoms with Gasteiger partial charge in [-0.25, -0.2) is 4.98 Å². The van der Waals surface area contributed by atoms with E-state index in [0.717, 1.165) is 49.3 Å². The van der Waals surface area contributed by atoms with Crippen LogP contribution in [0.5, 0.6) is 5.75 Å². The number of nitrogens with zero attached hydrogens (tertiary/aromatic N) is 4. The van der Waals surface area contributed by atoms with Crippen LogP contribution in [0.2, 0.25) is 0 Å². The molecular weight excluding hydrogens is 354 g/mol. The number of hydrogen-bond donors (Lipinski definition) is 1. The molecule has 0 amide bonds. The Labute approximate surface area is 167 Å². The summed E-state index contributed by atoms with van der Waals surface area (Å²) >= 11 is 0. The molecule has 1 aliphatic rings. The maximum absolute atomic E-state index is 5.86. The first-order chi connectivity index (χ1) is 13.4. The summed E-state index contributed by atoms with van der Waals surface area (Å²) in [5.74, 6) is 3.36. The lowest BCUT2D eigenvalue weighted by atomic mass is 9.94. The number of guanidine groups is 1. The lowest BCUT2D eigenvalue weighted by molar-refractivity contribution is 0.357. The van der Waals surface area contributed by atoms with Crippen molar-refractivity contribution in [2.24, 2.45) is 4.99 Å². The highest BCUT2D eigenvalue weighted by Crippen LogP contribution is 2.28. The molecule has 2 heterocycles. The molecule has 1 fully saturated rings. The van der Waals surface area contributed by atoms with E-state index < -0.39 is 0 Å². The van der Waals surface area contributed by atoms with E-state index in [1.165, 1.54) is 0 Å². The van der Waals surface area contributed by atoms with Crippen LogP contribution in [0.3, 0.4) is 0 Å². The molecule has 1 N–H and O–H groups in total. The van der Waals surface area contributed by atoms with Crippen LogP contribution in [0, 0.1) is 0 Å². The van der Waals surface area contributed by atoms with Gasteiger partial charge in [0.05, 0.1) is 25.5 Å². The minimum absolute atomic E-state index is 0.0399. The zero-order valence-electron chi connectivity index (χ0n) is 17.5. The monoisotopic (exact) mass is 385 g/mol. The second kappa shape index (κ2) is 8.54. The molecule has 3 rings (SSSR count). The molecule has 0 radical (unpaired) electrons. The Morgan fingerprint density at radius 2 is 1.93 bits per heavy atom. The van der Waals surface area contributed by atoms with Crippen LogP contribution in [0.4, 0.5) is 5.69 Å². The number of rotatable bonds is 4. The van der Waals surface area contributed by atoms with Crippen molar-refractivity contribution in [1.29, 1.82) is 0 Å². The molecule has 0 spiro atoms. The maximum Gasteiger partial charge on any atom is 0.213 e. The Bertz CT molecular complexity index is 801. The number of para-hydroxylation sites is 2. The minimum Gasteiger partial charge on any atom is -0.495 e. The highest BCUT2D eigenvalue weighted by molar-refractivity contribution is 5.80. The Morgan fingerprint density at radius 3 is 2.54 bits per heavy atom. The summed E-state index contributed by atoms with van der Waals surface area (Å²) in [6.07, 6.45) is 1.81. The Kier molecular flexibility index (Phi) is 6.11. The van der Waals surface area contributed by atoms with Gasteiger partial charge in [-0.1, -0.05) is 32.9 Å². The number of anilines is 1. The number of oxazole rings is 1. The van der Waals surface area contributed by atoms with Crippen molar-refractivity contribution >= 4 is 11.6 Å². The fraction of sp³-hybridized carbons (Fsp3) is 0.524. The predicted molar refractivity (Wildman–Crippen MR) is 112 cm³/mol. The van der Waals surface area contributed by atoms with Gasteiger partial charge in [0.25, 0.3) is 0 Å². The molecule has 0 unspecified atom stereocenters. The number of benzene rings is 1. The third-order valence-corrected chi connectivity index (χ3v) is 4.91. The van der Waals surface area contributed by atoms with Gasteiger partial charge in [0.1, 0.15) is 11.5 Å². The molecule has 1 aliphatic heterocycles. The number of hydrogen-bond acceptors (Lipinski definition) is 5. The van der Waals surface area contributed by atoms with E-state index in [1.807, 2.05) is 31.4 Å². The quantitative estimate of drug-likeness (QED) is 0.645. The summed E-state index contributed by atoms with van der Waals surface area (Å²) < 4.78 is 11.4. The van der Waals surface area contributed by atoms with Crippen LogP contribution in [0.25, 0.3) is 0 Å². The molecule has 7 nitrogen and oxygen atoms in total. The molecule has 28 heavy (non-hydrogen) atoms. The first-order valence-corrected chi connectivity index (χ1v) is 9.71.